The summed E-state index contributed by atoms with van der Waals surface area (Å²) >= 11 is 0. The Morgan fingerprint density at radius 2 is 1.82 bits per heavy atom. The van der Waals surface area contributed by atoms with Crippen LogP contribution in [0, 0.1) is 0 Å². The molecule has 3 rings (SSSR count). The number of benzene rings is 1. The number of ether oxygens (including phenoxy) is 2. The Kier molecular flexibility index (Phi) is 7.43. The van der Waals surface area contributed by atoms with E-state index in [4.69, 9.17) is 13.9 Å². The highest BCUT2D eigenvalue weighted by atomic mass is 28.4. The van der Waals surface area contributed by atoms with Gasteiger partial charge in [0.1, 0.15) is 11.9 Å². The number of hydrogen-bond donors (Lipinski definition) is 0. The molecule has 0 fully saturated rings. The average Bonchev–Trinajstić information content (AvgIpc) is 3.10. The maximum atomic E-state index is 11.5. The number of fused-ring (bicyclic) bond motifs is 1. The van der Waals surface area contributed by atoms with Gasteiger partial charge in [-0.3, -0.25) is 4.79 Å². The third-order valence-electron chi connectivity index (χ3n) is 6.69. The average molecular weight is 486 g/mol. The van der Waals surface area contributed by atoms with Crippen molar-refractivity contribution >= 4 is 22.7 Å². The lowest BCUT2D eigenvalue weighted by Crippen LogP contribution is -2.44. The number of aldehydes is 1. The molecule has 2 aromatic rings. The van der Waals surface area contributed by atoms with Crippen molar-refractivity contribution in [2.45, 2.75) is 83.5 Å². The van der Waals surface area contributed by atoms with Gasteiger partial charge in [0.05, 0.1) is 12.2 Å². The van der Waals surface area contributed by atoms with Gasteiger partial charge in [0.2, 0.25) is 20.1 Å². The van der Waals surface area contributed by atoms with Crippen LogP contribution in [0.1, 0.15) is 54.8 Å². The molecule has 0 aliphatic heterocycles. The van der Waals surface area contributed by atoms with E-state index in [-0.39, 0.29) is 11.1 Å². The van der Waals surface area contributed by atoms with E-state index >= 15 is 0 Å². The van der Waals surface area contributed by atoms with Crippen molar-refractivity contribution in [3.05, 3.63) is 47.0 Å². The molecule has 1 atom stereocenters. The zero-order valence-electron chi connectivity index (χ0n) is 21.5. The summed E-state index contributed by atoms with van der Waals surface area (Å²) in [5.74, 6) is 1.83. The maximum Gasteiger partial charge on any atom is 0.250 e. The maximum absolute atomic E-state index is 11.5. The molecule has 0 bridgehead atoms. The summed E-state index contributed by atoms with van der Waals surface area (Å²) in [7, 11) is -3.17. The molecule has 0 unspecified atom stereocenters. The third-order valence-corrected chi connectivity index (χ3v) is 12.7. The Bertz CT molecular complexity index is 993. The van der Waals surface area contributed by atoms with Gasteiger partial charge in [-0.25, -0.2) is 0 Å². The van der Waals surface area contributed by atoms with Crippen LogP contribution in [0.4, 0.5) is 0 Å². The van der Waals surface area contributed by atoms with Crippen molar-refractivity contribution in [1.29, 1.82) is 0 Å². The number of hydrogen-bond acceptors (Lipinski definition) is 5. The van der Waals surface area contributed by atoms with Crippen LogP contribution in [0.2, 0.25) is 43.8 Å². The quantitative estimate of drug-likeness (QED) is 0.281. The molecule has 0 radical (unpaired) electrons. The second-order valence-corrected chi connectivity index (χ2v) is 22.0. The summed E-state index contributed by atoms with van der Waals surface area (Å²) in [6, 6.07) is 10.7. The van der Waals surface area contributed by atoms with Crippen molar-refractivity contribution in [2.75, 3.05) is 6.61 Å². The largest absolute Gasteiger partial charge is 0.543 e. The molecule has 1 aromatic heterocycles. The Balaban J connectivity index is 1.78. The molecule has 33 heavy (non-hydrogen) atoms. The minimum absolute atomic E-state index is 0.0904. The van der Waals surface area contributed by atoms with Crippen LogP contribution in [-0.2, 0) is 6.42 Å². The molecule has 5 nitrogen and oxygen atoms in total. The fourth-order valence-electron chi connectivity index (χ4n) is 3.53. The Labute approximate surface area is 201 Å². The smallest absolute Gasteiger partial charge is 0.250 e. The van der Waals surface area contributed by atoms with Crippen molar-refractivity contribution in [3.63, 3.8) is 0 Å². The van der Waals surface area contributed by atoms with Gasteiger partial charge in [0.25, 0.3) is 0 Å². The Morgan fingerprint density at radius 1 is 1.09 bits per heavy atom. The van der Waals surface area contributed by atoms with Gasteiger partial charge in [-0.2, -0.15) is 4.98 Å². The van der Waals surface area contributed by atoms with Crippen LogP contribution >= 0.6 is 0 Å². The van der Waals surface area contributed by atoms with E-state index in [0.717, 1.165) is 36.5 Å². The summed E-state index contributed by atoms with van der Waals surface area (Å²) in [6.45, 7) is 18.8. The first kappa shape index (κ1) is 25.5. The zero-order chi connectivity index (χ0) is 24.4. The van der Waals surface area contributed by atoms with Crippen LogP contribution in [0.5, 0.6) is 17.5 Å². The van der Waals surface area contributed by atoms with Gasteiger partial charge in [0, 0.05) is 14.1 Å². The minimum atomic E-state index is -1.93. The van der Waals surface area contributed by atoms with Crippen LogP contribution < -0.4 is 13.9 Å². The number of rotatable bonds is 9. The zero-order valence-corrected chi connectivity index (χ0v) is 23.5. The van der Waals surface area contributed by atoms with Gasteiger partial charge in [-0.15, -0.1) is 0 Å². The van der Waals surface area contributed by atoms with Crippen molar-refractivity contribution in [3.8, 4) is 17.5 Å². The molecular formula is C26H39NO4Si2. The lowest BCUT2D eigenvalue weighted by atomic mass is 10.1. The molecule has 0 saturated carbocycles. The normalized spacial score (nSPS) is 16.3. The van der Waals surface area contributed by atoms with E-state index in [1.165, 1.54) is 5.56 Å². The summed E-state index contributed by atoms with van der Waals surface area (Å²) in [4.78, 5) is 16.0. The van der Waals surface area contributed by atoms with E-state index in [0.29, 0.717) is 23.9 Å². The number of carbonyl (C=O) groups is 1. The first-order valence-electron chi connectivity index (χ1n) is 11.9. The van der Waals surface area contributed by atoms with Crippen LogP contribution in [0.15, 0.2) is 30.3 Å². The monoisotopic (exact) mass is 485 g/mol. The molecule has 0 amide bonds. The number of pyridine rings is 1. The Hall–Kier alpha value is -2.13. The molecule has 1 heterocycles. The predicted molar refractivity (Wildman–Crippen MR) is 139 cm³/mol. The summed E-state index contributed by atoms with van der Waals surface area (Å²) in [6.07, 6.45) is 2.48. The van der Waals surface area contributed by atoms with E-state index < -0.39 is 16.4 Å². The number of nitrogens with zero attached hydrogens (tertiary/aromatic N) is 1. The van der Waals surface area contributed by atoms with E-state index in [1.807, 2.05) is 0 Å². The highest BCUT2D eigenvalue weighted by Gasteiger charge is 2.40. The molecule has 1 aliphatic rings. The highest BCUT2D eigenvalue weighted by molar-refractivity contribution is 6.76. The van der Waals surface area contributed by atoms with Crippen LogP contribution in [-0.4, -0.2) is 34.3 Å². The molecule has 0 N–H and O–H groups in total. The summed E-state index contributed by atoms with van der Waals surface area (Å²) in [5.41, 5.74) is 2.85. The lowest BCUT2D eigenvalue weighted by molar-refractivity contribution is 0.111. The molecular weight excluding hydrogens is 446 g/mol. The molecule has 0 spiro atoms. The fourth-order valence-corrected chi connectivity index (χ4v) is 5.30. The van der Waals surface area contributed by atoms with Gasteiger partial charge >= 0.3 is 0 Å². The van der Waals surface area contributed by atoms with Gasteiger partial charge in [0.15, 0.2) is 6.29 Å². The van der Waals surface area contributed by atoms with Gasteiger partial charge in [-0.1, -0.05) is 52.5 Å². The summed E-state index contributed by atoms with van der Waals surface area (Å²) in [5, 5.41) is 0.139. The van der Waals surface area contributed by atoms with Crippen molar-refractivity contribution < 1.29 is 18.7 Å². The standard InChI is InChI=1S/C26H39NO4Si2/c1-26(2,3)33(7,8)31-23-11-9-10-20-21(23)13-14-22(20)30-24-15-12-19(18-28)25(27-24)29-16-17-32(4,5)6/h9-12,15,18,22H,13-14,16-17H2,1-8H3/t22-/m0/s1. The van der Waals surface area contributed by atoms with Crippen molar-refractivity contribution in [2.24, 2.45) is 0 Å². The van der Waals surface area contributed by atoms with E-state index in [9.17, 15) is 4.79 Å². The first-order chi connectivity index (χ1) is 15.3. The third kappa shape index (κ3) is 6.26. The van der Waals surface area contributed by atoms with Crippen LogP contribution in [0.3, 0.4) is 0 Å². The summed E-state index contributed by atoms with van der Waals surface area (Å²) < 4.78 is 18.8. The highest BCUT2D eigenvalue weighted by Crippen LogP contribution is 2.43. The van der Waals surface area contributed by atoms with Gasteiger partial charge < -0.3 is 13.9 Å². The molecule has 7 heteroatoms. The molecule has 1 aromatic carbocycles. The van der Waals surface area contributed by atoms with Gasteiger partial charge in [-0.05, 0) is 60.3 Å². The van der Waals surface area contributed by atoms with Crippen molar-refractivity contribution in [1.82, 2.24) is 4.98 Å². The topological polar surface area (TPSA) is 57.7 Å². The molecule has 180 valence electrons. The number of carbonyl (C=O) groups excluding carboxylic acids is 1. The number of aromatic nitrogens is 1. The predicted octanol–water partition coefficient (Wildman–Crippen LogP) is 7.06. The second kappa shape index (κ2) is 9.62. The van der Waals surface area contributed by atoms with E-state index in [2.05, 4.69) is 76.7 Å². The first-order valence-corrected chi connectivity index (χ1v) is 18.5. The molecule has 1 aliphatic carbocycles. The Morgan fingerprint density at radius 3 is 2.45 bits per heavy atom. The van der Waals surface area contributed by atoms with Crippen LogP contribution in [0.25, 0.3) is 0 Å². The minimum Gasteiger partial charge on any atom is -0.543 e. The SMILES string of the molecule is CC(C)(C)[Si](C)(C)Oc1cccc2c1CC[C@@H]2Oc1ccc(C=O)c(OCC[Si](C)(C)C)n1. The van der Waals surface area contributed by atoms with E-state index in [1.54, 1.807) is 12.1 Å². The fraction of sp³-hybridized carbons (Fsp3) is 0.538. The lowest BCUT2D eigenvalue weighted by Gasteiger charge is -2.37. The molecule has 0 saturated heterocycles. The second-order valence-electron chi connectivity index (χ2n) is 11.7.